The lowest BCUT2D eigenvalue weighted by molar-refractivity contribution is -0.116. The van der Waals surface area contributed by atoms with E-state index in [9.17, 15) is 14.4 Å². The van der Waals surface area contributed by atoms with Crippen LogP contribution in [0.1, 0.15) is 51.6 Å². The van der Waals surface area contributed by atoms with E-state index in [1.165, 1.54) is 16.2 Å². The SMILES string of the molecule is CCN1CCc2ccc(NC(=O)CCCN3C(=O)c4ccc(C)cc4C3=O)cc21. The third kappa shape index (κ3) is 3.62. The second-order valence-corrected chi connectivity index (χ2v) is 7.64. The number of hydrogen-bond acceptors (Lipinski definition) is 4. The Kier molecular flexibility index (Phi) is 5.09. The third-order valence-corrected chi connectivity index (χ3v) is 5.65. The highest BCUT2D eigenvalue weighted by Crippen LogP contribution is 2.30. The van der Waals surface area contributed by atoms with Crippen molar-refractivity contribution >= 4 is 29.1 Å². The number of likely N-dealkylation sites (N-methyl/N-ethyl adjacent to an activating group) is 1. The zero-order chi connectivity index (χ0) is 20.5. The molecule has 1 N–H and O–H groups in total. The number of aryl methyl sites for hydroxylation is 1. The van der Waals surface area contributed by atoms with E-state index in [1.807, 2.05) is 25.1 Å². The molecule has 0 aromatic heterocycles. The average Bonchev–Trinajstić information content (AvgIpc) is 3.21. The summed E-state index contributed by atoms with van der Waals surface area (Å²) in [5.74, 6) is -0.658. The van der Waals surface area contributed by atoms with E-state index in [-0.39, 0.29) is 30.7 Å². The Morgan fingerprint density at radius 3 is 2.66 bits per heavy atom. The topological polar surface area (TPSA) is 69.7 Å². The molecule has 6 nitrogen and oxygen atoms in total. The van der Waals surface area contributed by atoms with Gasteiger partial charge in [-0.25, -0.2) is 0 Å². The van der Waals surface area contributed by atoms with Gasteiger partial charge in [0.05, 0.1) is 11.1 Å². The van der Waals surface area contributed by atoms with E-state index < -0.39 is 0 Å². The first-order chi connectivity index (χ1) is 14.0. The number of anilines is 2. The van der Waals surface area contributed by atoms with Gasteiger partial charge >= 0.3 is 0 Å². The summed E-state index contributed by atoms with van der Waals surface area (Å²) < 4.78 is 0. The zero-order valence-corrected chi connectivity index (χ0v) is 16.8. The molecular weight excluding hydrogens is 366 g/mol. The minimum absolute atomic E-state index is 0.113. The van der Waals surface area contributed by atoms with Gasteiger partial charge in [-0.3, -0.25) is 19.3 Å². The average molecular weight is 391 g/mol. The summed E-state index contributed by atoms with van der Waals surface area (Å²) in [5, 5.41) is 2.93. The summed E-state index contributed by atoms with van der Waals surface area (Å²) in [6.07, 6.45) is 1.72. The van der Waals surface area contributed by atoms with Crippen molar-refractivity contribution in [1.29, 1.82) is 0 Å². The maximum Gasteiger partial charge on any atom is 0.261 e. The fourth-order valence-electron chi connectivity index (χ4n) is 4.08. The Morgan fingerprint density at radius 2 is 1.86 bits per heavy atom. The monoisotopic (exact) mass is 391 g/mol. The van der Waals surface area contributed by atoms with Crippen LogP contribution in [0, 0.1) is 6.92 Å². The molecule has 3 amide bonds. The van der Waals surface area contributed by atoms with Crippen LogP contribution in [0.4, 0.5) is 11.4 Å². The molecule has 0 bridgehead atoms. The van der Waals surface area contributed by atoms with Gasteiger partial charge in [0.1, 0.15) is 0 Å². The molecule has 2 aromatic carbocycles. The highest BCUT2D eigenvalue weighted by Gasteiger charge is 2.35. The van der Waals surface area contributed by atoms with E-state index >= 15 is 0 Å². The molecule has 2 aromatic rings. The number of nitrogens with zero attached hydrogens (tertiary/aromatic N) is 2. The van der Waals surface area contributed by atoms with Crippen LogP contribution < -0.4 is 10.2 Å². The number of carbonyl (C=O) groups is 3. The first-order valence-electron chi connectivity index (χ1n) is 10.1. The molecule has 2 heterocycles. The number of rotatable bonds is 6. The summed E-state index contributed by atoms with van der Waals surface area (Å²) in [4.78, 5) is 40.8. The first kappa shape index (κ1) is 19.2. The largest absolute Gasteiger partial charge is 0.371 e. The highest BCUT2D eigenvalue weighted by atomic mass is 16.2. The molecule has 0 radical (unpaired) electrons. The maximum atomic E-state index is 12.5. The minimum atomic E-state index is -0.274. The predicted octanol–water partition coefficient (Wildman–Crippen LogP) is 3.39. The van der Waals surface area contributed by atoms with E-state index in [0.717, 1.165) is 30.8 Å². The van der Waals surface area contributed by atoms with E-state index in [0.29, 0.717) is 17.5 Å². The van der Waals surface area contributed by atoms with Crippen molar-refractivity contribution in [2.45, 2.75) is 33.1 Å². The maximum absolute atomic E-state index is 12.5. The van der Waals surface area contributed by atoms with Crippen LogP contribution in [-0.2, 0) is 11.2 Å². The fraction of sp³-hybridized carbons (Fsp3) is 0.348. The van der Waals surface area contributed by atoms with Crippen LogP contribution >= 0.6 is 0 Å². The number of benzene rings is 2. The molecule has 0 aliphatic carbocycles. The fourth-order valence-corrected chi connectivity index (χ4v) is 4.08. The Hall–Kier alpha value is -3.15. The van der Waals surface area contributed by atoms with Crippen molar-refractivity contribution in [3.63, 3.8) is 0 Å². The van der Waals surface area contributed by atoms with Gasteiger partial charge in [0.2, 0.25) is 5.91 Å². The molecule has 0 spiro atoms. The molecule has 0 unspecified atom stereocenters. The number of amides is 3. The van der Waals surface area contributed by atoms with Gasteiger partial charge in [-0.2, -0.15) is 0 Å². The number of imide groups is 1. The van der Waals surface area contributed by atoms with Crippen molar-refractivity contribution in [1.82, 2.24) is 4.90 Å². The molecule has 2 aliphatic heterocycles. The Labute approximate surface area is 170 Å². The number of hydrogen-bond donors (Lipinski definition) is 1. The van der Waals surface area contributed by atoms with Crippen molar-refractivity contribution in [3.05, 3.63) is 58.7 Å². The summed E-state index contributed by atoms with van der Waals surface area (Å²) in [6.45, 7) is 6.23. The summed E-state index contributed by atoms with van der Waals surface area (Å²) >= 11 is 0. The molecule has 29 heavy (non-hydrogen) atoms. The van der Waals surface area contributed by atoms with Gasteiger partial charge in [0.25, 0.3) is 11.8 Å². The van der Waals surface area contributed by atoms with E-state index in [2.05, 4.69) is 23.2 Å². The van der Waals surface area contributed by atoms with Crippen LogP contribution in [0.5, 0.6) is 0 Å². The molecule has 0 saturated heterocycles. The number of fused-ring (bicyclic) bond motifs is 2. The molecule has 150 valence electrons. The quantitative estimate of drug-likeness (QED) is 0.767. The van der Waals surface area contributed by atoms with Gasteiger partial charge < -0.3 is 10.2 Å². The second-order valence-electron chi connectivity index (χ2n) is 7.64. The van der Waals surface area contributed by atoms with Gasteiger partial charge in [0, 0.05) is 37.4 Å². The van der Waals surface area contributed by atoms with Crippen LogP contribution in [0.3, 0.4) is 0 Å². The van der Waals surface area contributed by atoms with Crippen molar-refractivity contribution in [2.75, 3.05) is 29.9 Å². The van der Waals surface area contributed by atoms with E-state index in [4.69, 9.17) is 0 Å². The van der Waals surface area contributed by atoms with Crippen molar-refractivity contribution in [3.8, 4) is 0 Å². The zero-order valence-electron chi connectivity index (χ0n) is 16.8. The molecule has 2 aliphatic rings. The molecule has 0 saturated carbocycles. The summed E-state index contributed by atoms with van der Waals surface area (Å²) in [5.41, 5.74) is 5.13. The van der Waals surface area contributed by atoms with Crippen LogP contribution in [-0.4, -0.2) is 42.3 Å². The number of carbonyl (C=O) groups excluding carboxylic acids is 3. The number of nitrogens with one attached hydrogen (secondary N) is 1. The van der Waals surface area contributed by atoms with Crippen molar-refractivity contribution in [2.24, 2.45) is 0 Å². The van der Waals surface area contributed by atoms with Crippen LogP contribution in [0.15, 0.2) is 36.4 Å². The molecule has 4 rings (SSSR count). The normalized spacial score (nSPS) is 15.0. The molecular formula is C23H25N3O3. The van der Waals surface area contributed by atoms with E-state index in [1.54, 1.807) is 12.1 Å². The van der Waals surface area contributed by atoms with Gasteiger partial charge in [-0.05, 0) is 56.5 Å². The smallest absolute Gasteiger partial charge is 0.261 e. The van der Waals surface area contributed by atoms with Crippen LogP contribution in [0.2, 0.25) is 0 Å². The van der Waals surface area contributed by atoms with Crippen molar-refractivity contribution < 1.29 is 14.4 Å². The molecule has 6 heteroatoms. The predicted molar refractivity (Wildman–Crippen MR) is 112 cm³/mol. The summed E-state index contributed by atoms with van der Waals surface area (Å²) in [7, 11) is 0. The highest BCUT2D eigenvalue weighted by molar-refractivity contribution is 6.21. The van der Waals surface area contributed by atoms with Gasteiger partial charge in [-0.1, -0.05) is 17.7 Å². The van der Waals surface area contributed by atoms with Gasteiger partial charge in [0.15, 0.2) is 0 Å². The lowest BCUT2D eigenvalue weighted by Gasteiger charge is -2.17. The first-order valence-corrected chi connectivity index (χ1v) is 10.1. The third-order valence-electron chi connectivity index (χ3n) is 5.65. The standard InChI is InChI=1S/C23H25N3O3/c1-3-25-12-10-16-7-8-17(14-20(16)25)24-21(27)5-4-11-26-22(28)18-9-6-15(2)13-19(18)23(26)29/h6-9,13-14H,3-5,10-12H2,1-2H3,(H,24,27). The second kappa shape index (κ2) is 7.70. The molecule has 0 fully saturated rings. The van der Waals surface area contributed by atoms with Crippen LogP contribution in [0.25, 0.3) is 0 Å². The Bertz CT molecular complexity index is 999. The summed E-state index contributed by atoms with van der Waals surface area (Å²) in [6, 6.07) is 11.3. The lowest BCUT2D eigenvalue weighted by atomic mass is 10.1. The lowest BCUT2D eigenvalue weighted by Crippen LogP contribution is -2.31. The Morgan fingerprint density at radius 1 is 1.07 bits per heavy atom. The van der Waals surface area contributed by atoms with Gasteiger partial charge in [-0.15, -0.1) is 0 Å². The molecule has 0 atom stereocenters. The minimum Gasteiger partial charge on any atom is -0.371 e. The Balaban J connectivity index is 1.32.